The SMILES string of the molecule is CC(C)(C)c1ccc(C2(O)COC2)c(Cl)c1. The van der Waals surface area contributed by atoms with Gasteiger partial charge in [-0.2, -0.15) is 0 Å². The summed E-state index contributed by atoms with van der Waals surface area (Å²) in [7, 11) is 0. The number of benzene rings is 1. The summed E-state index contributed by atoms with van der Waals surface area (Å²) in [6.45, 7) is 7.09. The van der Waals surface area contributed by atoms with E-state index in [1.165, 1.54) is 5.56 Å². The molecule has 1 heterocycles. The molecule has 1 aliphatic rings. The molecule has 1 aliphatic heterocycles. The van der Waals surface area contributed by atoms with Crippen LogP contribution in [0.2, 0.25) is 5.02 Å². The monoisotopic (exact) mass is 240 g/mol. The average Bonchev–Trinajstić information content (AvgIpc) is 2.12. The van der Waals surface area contributed by atoms with Gasteiger partial charge in [0.05, 0.1) is 13.2 Å². The molecule has 2 nitrogen and oxygen atoms in total. The van der Waals surface area contributed by atoms with Gasteiger partial charge >= 0.3 is 0 Å². The van der Waals surface area contributed by atoms with E-state index in [4.69, 9.17) is 16.3 Å². The van der Waals surface area contributed by atoms with Crippen molar-refractivity contribution in [3.8, 4) is 0 Å². The lowest BCUT2D eigenvalue weighted by molar-refractivity contribution is -0.184. The van der Waals surface area contributed by atoms with Gasteiger partial charge in [-0.15, -0.1) is 0 Å². The topological polar surface area (TPSA) is 29.5 Å². The van der Waals surface area contributed by atoms with Crippen LogP contribution in [0.3, 0.4) is 0 Å². The second-order valence-corrected chi connectivity index (χ2v) is 5.88. The smallest absolute Gasteiger partial charge is 0.137 e. The Morgan fingerprint density at radius 3 is 2.31 bits per heavy atom. The maximum absolute atomic E-state index is 10.1. The van der Waals surface area contributed by atoms with Crippen LogP contribution in [0.25, 0.3) is 0 Å². The number of ether oxygens (including phenoxy) is 1. The van der Waals surface area contributed by atoms with Crippen LogP contribution in [0.5, 0.6) is 0 Å². The summed E-state index contributed by atoms with van der Waals surface area (Å²) < 4.78 is 5.04. The van der Waals surface area contributed by atoms with Crippen molar-refractivity contribution in [2.75, 3.05) is 13.2 Å². The quantitative estimate of drug-likeness (QED) is 0.818. The van der Waals surface area contributed by atoms with Crippen molar-refractivity contribution in [2.45, 2.75) is 31.8 Å². The van der Waals surface area contributed by atoms with Gasteiger partial charge in [0, 0.05) is 10.6 Å². The fourth-order valence-corrected chi connectivity index (χ4v) is 2.17. The van der Waals surface area contributed by atoms with Gasteiger partial charge in [-0.1, -0.05) is 44.5 Å². The van der Waals surface area contributed by atoms with E-state index in [-0.39, 0.29) is 5.41 Å². The molecule has 16 heavy (non-hydrogen) atoms. The second kappa shape index (κ2) is 3.73. The molecule has 3 heteroatoms. The summed E-state index contributed by atoms with van der Waals surface area (Å²) in [5, 5.41) is 10.8. The average molecular weight is 241 g/mol. The molecule has 0 atom stereocenters. The van der Waals surface area contributed by atoms with E-state index in [9.17, 15) is 5.11 Å². The molecule has 0 radical (unpaired) electrons. The first-order valence-corrected chi connectivity index (χ1v) is 5.81. The molecule has 1 fully saturated rings. The Balaban J connectivity index is 2.37. The van der Waals surface area contributed by atoms with E-state index in [0.717, 1.165) is 5.56 Å². The zero-order chi connectivity index (χ0) is 12.0. The van der Waals surface area contributed by atoms with Crippen LogP contribution in [-0.2, 0) is 15.8 Å². The lowest BCUT2D eigenvalue weighted by Gasteiger charge is -2.37. The highest BCUT2D eigenvalue weighted by molar-refractivity contribution is 6.31. The predicted molar refractivity (Wildman–Crippen MR) is 64.9 cm³/mol. The highest BCUT2D eigenvalue weighted by Gasteiger charge is 2.39. The van der Waals surface area contributed by atoms with E-state index in [1.54, 1.807) is 0 Å². The molecular weight excluding hydrogens is 224 g/mol. The van der Waals surface area contributed by atoms with Crippen molar-refractivity contribution in [3.05, 3.63) is 34.3 Å². The number of halogens is 1. The van der Waals surface area contributed by atoms with Crippen LogP contribution >= 0.6 is 11.6 Å². The largest absolute Gasteiger partial charge is 0.380 e. The van der Waals surface area contributed by atoms with Gasteiger partial charge in [0.25, 0.3) is 0 Å². The third kappa shape index (κ3) is 1.97. The molecular formula is C13H17ClO2. The Bertz CT molecular complexity index is 403. The number of hydrogen-bond donors (Lipinski definition) is 1. The lowest BCUT2D eigenvalue weighted by Crippen LogP contribution is -2.46. The molecule has 1 aromatic carbocycles. The van der Waals surface area contributed by atoms with E-state index in [1.807, 2.05) is 18.2 Å². The van der Waals surface area contributed by atoms with Gasteiger partial charge in [0.15, 0.2) is 0 Å². The van der Waals surface area contributed by atoms with Gasteiger partial charge < -0.3 is 9.84 Å². The third-order valence-electron chi connectivity index (χ3n) is 3.02. The van der Waals surface area contributed by atoms with Crippen LogP contribution in [0.4, 0.5) is 0 Å². The van der Waals surface area contributed by atoms with Gasteiger partial charge in [0.1, 0.15) is 5.60 Å². The van der Waals surface area contributed by atoms with Crippen molar-refractivity contribution in [1.29, 1.82) is 0 Å². The summed E-state index contributed by atoms with van der Waals surface area (Å²) in [5.74, 6) is 0. The molecule has 0 bridgehead atoms. The van der Waals surface area contributed by atoms with E-state index in [0.29, 0.717) is 18.2 Å². The van der Waals surface area contributed by atoms with Crippen molar-refractivity contribution >= 4 is 11.6 Å². The predicted octanol–water partition coefficient (Wildman–Crippen LogP) is 2.86. The van der Waals surface area contributed by atoms with Crippen LogP contribution < -0.4 is 0 Å². The highest BCUT2D eigenvalue weighted by atomic mass is 35.5. The normalized spacial score (nSPS) is 19.3. The summed E-state index contributed by atoms with van der Waals surface area (Å²) in [4.78, 5) is 0. The van der Waals surface area contributed by atoms with Gasteiger partial charge in [-0.05, 0) is 17.0 Å². The molecule has 0 unspecified atom stereocenters. The fraction of sp³-hybridized carbons (Fsp3) is 0.538. The van der Waals surface area contributed by atoms with Gasteiger partial charge in [-0.25, -0.2) is 0 Å². The second-order valence-electron chi connectivity index (χ2n) is 5.47. The standard InChI is InChI=1S/C13H17ClO2/c1-12(2,3)9-4-5-10(11(14)6-9)13(15)7-16-8-13/h4-6,15H,7-8H2,1-3H3. The minimum atomic E-state index is -0.881. The van der Waals surface area contributed by atoms with E-state index >= 15 is 0 Å². The van der Waals surface area contributed by atoms with Crippen LogP contribution in [0, 0.1) is 0 Å². The van der Waals surface area contributed by atoms with Crippen molar-refractivity contribution < 1.29 is 9.84 Å². The van der Waals surface area contributed by atoms with Crippen LogP contribution in [-0.4, -0.2) is 18.3 Å². The number of rotatable bonds is 1. The molecule has 0 amide bonds. The first-order valence-electron chi connectivity index (χ1n) is 5.44. The van der Waals surface area contributed by atoms with Crippen LogP contribution in [0.1, 0.15) is 31.9 Å². The van der Waals surface area contributed by atoms with Crippen molar-refractivity contribution in [1.82, 2.24) is 0 Å². The number of aliphatic hydroxyl groups is 1. The van der Waals surface area contributed by atoms with Crippen LogP contribution in [0.15, 0.2) is 18.2 Å². The maximum atomic E-state index is 10.1. The first-order chi connectivity index (χ1) is 7.33. The van der Waals surface area contributed by atoms with E-state index < -0.39 is 5.60 Å². The third-order valence-corrected chi connectivity index (χ3v) is 3.33. The Morgan fingerprint density at radius 1 is 1.31 bits per heavy atom. The Labute approximate surface area is 101 Å². The molecule has 0 saturated carbocycles. The zero-order valence-corrected chi connectivity index (χ0v) is 10.6. The summed E-state index contributed by atoms with van der Waals surface area (Å²) in [5.41, 5.74) is 1.13. The molecule has 0 spiro atoms. The minimum Gasteiger partial charge on any atom is -0.380 e. The molecule has 1 aromatic rings. The Morgan fingerprint density at radius 2 is 1.94 bits per heavy atom. The Kier molecular flexibility index (Phi) is 2.77. The molecule has 0 aliphatic carbocycles. The number of hydrogen-bond acceptors (Lipinski definition) is 2. The summed E-state index contributed by atoms with van der Waals surface area (Å²) >= 11 is 6.22. The first kappa shape index (κ1) is 11.9. The maximum Gasteiger partial charge on any atom is 0.137 e. The summed E-state index contributed by atoms with van der Waals surface area (Å²) in [6, 6.07) is 5.87. The van der Waals surface area contributed by atoms with Gasteiger partial charge in [0.2, 0.25) is 0 Å². The fourth-order valence-electron chi connectivity index (χ4n) is 1.81. The molecule has 2 rings (SSSR count). The summed E-state index contributed by atoms with van der Waals surface area (Å²) in [6.07, 6.45) is 0. The Hall–Kier alpha value is -0.570. The molecule has 1 saturated heterocycles. The molecule has 0 aromatic heterocycles. The van der Waals surface area contributed by atoms with E-state index in [2.05, 4.69) is 20.8 Å². The highest BCUT2D eigenvalue weighted by Crippen LogP contribution is 2.36. The lowest BCUT2D eigenvalue weighted by atomic mass is 9.84. The van der Waals surface area contributed by atoms with Crippen molar-refractivity contribution in [3.63, 3.8) is 0 Å². The molecule has 1 N–H and O–H groups in total. The molecule has 88 valence electrons. The van der Waals surface area contributed by atoms with Gasteiger partial charge in [-0.3, -0.25) is 0 Å². The minimum absolute atomic E-state index is 0.0703. The zero-order valence-electron chi connectivity index (χ0n) is 9.88. The van der Waals surface area contributed by atoms with Crippen molar-refractivity contribution in [2.24, 2.45) is 0 Å².